The summed E-state index contributed by atoms with van der Waals surface area (Å²) in [6.07, 6.45) is 6.78. The molecule has 5 nitrogen and oxygen atoms in total. The topological polar surface area (TPSA) is 46.8 Å². The van der Waals surface area contributed by atoms with Gasteiger partial charge < -0.3 is 9.47 Å². The maximum Gasteiger partial charge on any atom is 0.226 e. The van der Waals surface area contributed by atoms with Crippen molar-refractivity contribution in [2.24, 2.45) is 0 Å². The molecule has 0 unspecified atom stereocenters. The standard InChI is InChI=1S/C18H20ClN5/c19-18-21-16-15(17(22-18)23-10-6-1-2-7-11-23)24(13-20-16)12-14-8-4-3-5-9-14/h3-5,8-9,13H,1-2,6-7,10-12H2. The highest BCUT2D eigenvalue weighted by Gasteiger charge is 2.19. The number of halogens is 1. The summed E-state index contributed by atoms with van der Waals surface area (Å²) in [6.45, 7) is 2.78. The van der Waals surface area contributed by atoms with E-state index >= 15 is 0 Å². The van der Waals surface area contributed by atoms with Crippen LogP contribution in [-0.2, 0) is 6.54 Å². The summed E-state index contributed by atoms with van der Waals surface area (Å²) in [6, 6.07) is 10.4. The van der Waals surface area contributed by atoms with Gasteiger partial charge in [0.25, 0.3) is 0 Å². The number of fused-ring (bicyclic) bond motifs is 1. The van der Waals surface area contributed by atoms with Crippen LogP contribution in [0.15, 0.2) is 36.7 Å². The SMILES string of the molecule is Clc1nc(N2CCCCCC2)c2c(ncn2Cc2ccccc2)n1. The highest BCUT2D eigenvalue weighted by Crippen LogP contribution is 2.27. The number of hydrogen-bond acceptors (Lipinski definition) is 4. The first-order valence-corrected chi connectivity index (χ1v) is 8.86. The van der Waals surface area contributed by atoms with E-state index in [0.29, 0.717) is 5.65 Å². The van der Waals surface area contributed by atoms with Crippen molar-refractivity contribution >= 4 is 28.6 Å². The predicted molar refractivity (Wildman–Crippen MR) is 96.6 cm³/mol. The van der Waals surface area contributed by atoms with Gasteiger partial charge in [-0.1, -0.05) is 43.2 Å². The molecule has 1 aliphatic heterocycles. The van der Waals surface area contributed by atoms with Gasteiger partial charge in [-0.05, 0) is 30.0 Å². The van der Waals surface area contributed by atoms with Crippen LogP contribution < -0.4 is 4.90 Å². The molecule has 0 amide bonds. The minimum atomic E-state index is 0.270. The molecule has 0 spiro atoms. The highest BCUT2D eigenvalue weighted by atomic mass is 35.5. The summed E-state index contributed by atoms with van der Waals surface area (Å²) in [5.74, 6) is 0.917. The van der Waals surface area contributed by atoms with E-state index in [1.54, 1.807) is 0 Å². The smallest absolute Gasteiger partial charge is 0.226 e. The Morgan fingerprint density at radius 3 is 2.46 bits per heavy atom. The zero-order chi connectivity index (χ0) is 16.4. The van der Waals surface area contributed by atoms with E-state index in [0.717, 1.165) is 31.0 Å². The summed E-state index contributed by atoms with van der Waals surface area (Å²) in [7, 11) is 0. The molecular formula is C18H20ClN5. The molecule has 1 saturated heterocycles. The molecular weight excluding hydrogens is 322 g/mol. The van der Waals surface area contributed by atoms with Gasteiger partial charge in [0.2, 0.25) is 5.28 Å². The molecule has 3 aromatic rings. The lowest BCUT2D eigenvalue weighted by atomic mass is 10.2. The van der Waals surface area contributed by atoms with E-state index in [-0.39, 0.29) is 5.28 Å². The van der Waals surface area contributed by atoms with Crippen molar-refractivity contribution in [3.8, 4) is 0 Å². The molecule has 3 heterocycles. The van der Waals surface area contributed by atoms with Gasteiger partial charge in [0, 0.05) is 19.6 Å². The Hall–Kier alpha value is -2.14. The molecule has 0 radical (unpaired) electrons. The zero-order valence-corrected chi connectivity index (χ0v) is 14.3. The van der Waals surface area contributed by atoms with Gasteiger partial charge in [-0.2, -0.15) is 9.97 Å². The minimum absolute atomic E-state index is 0.270. The molecule has 0 bridgehead atoms. The van der Waals surface area contributed by atoms with Crippen molar-refractivity contribution in [1.82, 2.24) is 19.5 Å². The highest BCUT2D eigenvalue weighted by molar-refractivity contribution is 6.28. The third-order valence-corrected chi connectivity index (χ3v) is 4.70. The normalized spacial score (nSPS) is 15.6. The molecule has 4 rings (SSSR count). The number of anilines is 1. The minimum Gasteiger partial charge on any atom is -0.355 e. The Morgan fingerprint density at radius 1 is 0.958 bits per heavy atom. The lowest BCUT2D eigenvalue weighted by Crippen LogP contribution is -2.26. The van der Waals surface area contributed by atoms with Crippen LogP contribution in [0.2, 0.25) is 5.28 Å². The van der Waals surface area contributed by atoms with Gasteiger partial charge in [0.05, 0.1) is 6.33 Å². The fraction of sp³-hybridized carbons (Fsp3) is 0.389. The van der Waals surface area contributed by atoms with Gasteiger partial charge >= 0.3 is 0 Å². The Labute approximate surface area is 146 Å². The fourth-order valence-electron chi connectivity index (χ4n) is 3.34. The Kier molecular flexibility index (Phi) is 4.34. The maximum absolute atomic E-state index is 6.16. The lowest BCUT2D eigenvalue weighted by molar-refractivity contribution is 0.726. The molecule has 24 heavy (non-hydrogen) atoms. The Balaban J connectivity index is 1.78. The van der Waals surface area contributed by atoms with E-state index in [9.17, 15) is 0 Å². The maximum atomic E-state index is 6.16. The van der Waals surface area contributed by atoms with E-state index in [4.69, 9.17) is 11.6 Å². The van der Waals surface area contributed by atoms with Crippen LogP contribution in [0.4, 0.5) is 5.82 Å². The van der Waals surface area contributed by atoms with Crippen LogP contribution in [0.1, 0.15) is 31.2 Å². The van der Waals surface area contributed by atoms with Crippen LogP contribution in [0.25, 0.3) is 11.2 Å². The Morgan fingerprint density at radius 2 is 1.71 bits per heavy atom. The number of imidazole rings is 1. The predicted octanol–water partition coefficient (Wildman–Crippen LogP) is 3.91. The van der Waals surface area contributed by atoms with Crippen molar-refractivity contribution in [3.63, 3.8) is 0 Å². The van der Waals surface area contributed by atoms with Crippen molar-refractivity contribution in [1.29, 1.82) is 0 Å². The number of aromatic nitrogens is 4. The van der Waals surface area contributed by atoms with Crippen LogP contribution in [-0.4, -0.2) is 32.6 Å². The van der Waals surface area contributed by atoms with Crippen molar-refractivity contribution in [2.75, 3.05) is 18.0 Å². The summed E-state index contributed by atoms with van der Waals surface area (Å²) in [4.78, 5) is 15.7. The van der Waals surface area contributed by atoms with Crippen molar-refractivity contribution in [2.45, 2.75) is 32.2 Å². The molecule has 0 N–H and O–H groups in total. The summed E-state index contributed by atoms with van der Waals surface area (Å²) in [5, 5.41) is 0.270. The number of benzene rings is 1. The third-order valence-electron chi connectivity index (χ3n) is 4.53. The van der Waals surface area contributed by atoms with Gasteiger partial charge in [-0.3, -0.25) is 0 Å². The molecule has 0 aliphatic carbocycles. The monoisotopic (exact) mass is 341 g/mol. The van der Waals surface area contributed by atoms with Crippen LogP contribution in [0, 0.1) is 0 Å². The second-order valence-electron chi connectivity index (χ2n) is 6.25. The van der Waals surface area contributed by atoms with Gasteiger partial charge in [-0.25, -0.2) is 4.98 Å². The molecule has 124 valence electrons. The second kappa shape index (κ2) is 6.77. The van der Waals surface area contributed by atoms with Gasteiger partial charge in [0.15, 0.2) is 11.5 Å². The summed E-state index contributed by atoms with van der Waals surface area (Å²) < 4.78 is 2.13. The zero-order valence-electron chi connectivity index (χ0n) is 13.5. The van der Waals surface area contributed by atoms with E-state index < -0.39 is 0 Å². The van der Waals surface area contributed by atoms with Crippen LogP contribution >= 0.6 is 11.6 Å². The van der Waals surface area contributed by atoms with E-state index in [1.807, 2.05) is 12.4 Å². The van der Waals surface area contributed by atoms with Gasteiger partial charge in [-0.15, -0.1) is 0 Å². The molecule has 0 saturated carbocycles. The van der Waals surface area contributed by atoms with Crippen molar-refractivity contribution in [3.05, 3.63) is 47.5 Å². The summed E-state index contributed by atoms with van der Waals surface area (Å²) in [5.41, 5.74) is 2.88. The lowest BCUT2D eigenvalue weighted by Gasteiger charge is -2.22. The van der Waals surface area contributed by atoms with Crippen LogP contribution in [0.3, 0.4) is 0 Å². The molecule has 6 heteroatoms. The molecule has 2 aromatic heterocycles. The first-order valence-electron chi connectivity index (χ1n) is 8.48. The second-order valence-corrected chi connectivity index (χ2v) is 6.59. The molecule has 0 atom stereocenters. The van der Waals surface area contributed by atoms with E-state index in [1.165, 1.54) is 31.2 Å². The Bertz CT molecular complexity index is 822. The molecule has 1 aliphatic rings. The van der Waals surface area contributed by atoms with Crippen LogP contribution in [0.5, 0.6) is 0 Å². The average Bonchev–Trinajstić information content (AvgIpc) is 2.82. The van der Waals surface area contributed by atoms with Crippen molar-refractivity contribution < 1.29 is 0 Å². The first-order chi connectivity index (χ1) is 11.8. The van der Waals surface area contributed by atoms with E-state index in [2.05, 4.69) is 48.7 Å². The number of nitrogens with zero attached hydrogens (tertiary/aromatic N) is 5. The fourth-order valence-corrected chi connectivity index (χ4v) is 3.50. The molecule has 1 fully saturated rings. The number of rotatable bonds is 3. The largest absolute Gasteiger partial charge is 0.355 e. The number of hydrogen-bond donors (Lipinski definition) is 0. The average molecular weight is 342 g/mol. The summed E-state index contributed by atoms with van der Waals surface area (Å²) >= 11 is 6.16. The first kappa shape index (κ1) is 15.4. The molecule has 1 aromatic carbocycles. The quantitative estimate of drug-likeness (QED) is 0.678. The van der Waals surface area contributed by atoms with Gasteiger partial charge in [0.1, 0.15) is 5.52 Å². The third kappa shape index (κ3) is 3.08.